The molecule has 368 valence electrons. The third kappa shape index (κ3) is 12.5. The molecule has 0 saturated heterocycles. The monoisotopic (exact) mass is 964 g/mol. The summed E-state index contributed by atoms with van der Waals surface area (Å²) in [5.74, 6) is 0. The van der Waals surface area contributed by atoms with Crippen LogP contribution < -0.4 is 0 Å². The first kappa shape index (κ1) is 52.2. The Labute approximate surface area is 442 Å². The second kappa shape index (κ2) is 25.5. The van der Waals surface area contributed by atoms with Gasteiger partial charge in [-0.2, -0.15) is 0 Å². The zero-order valence-electron chi connectivity index (χ0n) is 44.5. The van der Waals surface area contributed by atoms with Crippen molar-refractivity contribution < 1.29 is 4.58 Å². The van der Waals surface area contributed by atoms with Crippen LogP contribution in [-0.2, 0) is 13.1 Å². The summed E-state index contributed by atoms with van der Waals surface area (Å²) in [5, 5.41) is 0. The molecule has 0 bridgehead atoms. The fourth-order valence-electron chi connectivity index (χ4n) is 9.63. The molecular weight excluding hydrogens is 893 g/mol. The molecule has 0 atom stereocenters. The van der Waals surface area contributed by atoms with Gasteiger partial charge in [0.2, 0.25) is 0 Å². The van der Waals surface area contributed by atoms with Crippen molar-refractivity contribution in [2.24, 2.45) is 0 Å². The molecule has 10 aromatic rings. The highest BCUT2D eigenvalue weighted by molar-refractivity contribution is 6.04. The molecule has 2 heteroatoms. The number of nitrogens with zero attached hydrogens (tertiary/aromatic N) is 2. The van der Waals surface area contributed by atoms with E-state index < -0.39 is 0 Å². The molecule has 0 spiro atoms. The molecule has 0 heterocycles. The van der Waals surface area contributed by atoms with E-state index in [1.165, 1.54) is 111 Å². The van der Waals surface area contributed by atoms with Crippen LogP contribution in [0.1, 0.15) is 49.9 Å². The molecular formula is C72H71N2+. The summed E-state index contributed by atoms with van der Waals surface area (Å²) in [4.78, 5) is 2.34. The van der Waals surface area contributed by atoms with Gasteiger partial charge in [-0.25, -0.2) is 4.58 Å². The maximum Gasteiger partial charge on any atom is 0.167 e. The Morgan fingerprint density at radius 2 is 0.608 bits per heavy atom. The van der Waals surface area contributed by atoms with E-state index in [-0.39, 0.29) is 0 Å². The minimum atomic E-state index is 0.816. The van der Waals surface area contributed by atoms with Gasteiger partial charge in [-0.3, -0.25) is 0 Å². The summed E-state index contributed by atoms with van der Waals surface area (Å²) < 4.78 is 2.09. The van der Waals surface area contributed by atoms with E-state index >= 15 is 0 Å². The van der Waals surface area contributed by atoms with E-state index in [1.807, 2.05) is 13.8 Å². The van der Waals surface area contributed by atoms with E-state index in [4.69, 9.17) is 0 Å². The lowest BCUT2D eigenvalue weighted by atomic mass is 9.81. The summed E-state index contributed by atoms with van der Waals surface area (Å²) in [6.45, 7) is 20.4. The Kier molecular flexibility index (Phi) is 18.0. The van der Waals surface area contributed by atoms with Crippen molar-refractivity contribution in [3.63, 3.8) is 0 Å². The zero-order chi connectivity index (χ0) is 51.8. The van der Waals surface area contributed by atoms with Crippen molar-refractivity contribution in [2.45, 2.75) is 54.6 Å². The van der Waals surface area contributed by atoms with Crippen molar-refractivity contribution in [1.29, 1.82) is 0 Å². The predicted octanol–water partition coefficient (Wildman–Crippen LogP) is 19.0. The van der Waals surface area contributed by atoms with Gasteiger partial charge in [0.25, 0.3) is 0 Å². The molecule has 0 unspecified atom stereocenters. The molecule has 74 heavy (non-hydrogen) atoms. The Morgan fingerprint density at radius 1 is 0.338 bits per heavy atom. The molecule has 2 nitrogen and oxygen atoms in total. The number of aryl methyl sites for hydroxylation is 2. The predicted molar refractivity (Wildman–Crippen MR) is 321 cm³/mol. The van der Waals surface area contributed by atoms with Crippen LogP contribution >= 0.6 is 0 Å². The Bertz CT molecular complexity index is 3320. The summed E-state index contributed by atoms with van der Waals surface area (Å²) in [6, 6.07) is 88.9. The topological polar surface area (TPSA) is 6.25 Å². The first-order valence-corrected chi connectivity index (χ1v) is 26.4. The Balaban J connectivity index is 0.000000660. The zero-order valence-corrected chi connectivity index (χ0v) is 44.5. The van der Waals surface area contributed by atoms with Gasteiger partial charge < -0.3 is 4.90 Å². The van der Waals surface area contributed by atoms with Gasteiger partial charge in [-0.05, 0) is 129 Å². The number of hydrogen-bond acceptors (Lipinski definition) is 1. The minimum Gasteiger partial charge on any atom is -0.302 e. The highest BCUT2D eigenvalue weighted by Crippen LogP contribution is 2.49. The summed E-state index contributed by atoms with van der Waals surface area (Å²) in [7, 11) is 2.18. The van der Waals surface area contributed by atoms with Crippen LogP contribution in [0, 0.1) is 13.8 Å². The fourth-order valence-corrected chi connectivity index (χ4v) is 9.63. The molecule has 0 saturated carbocycles. The molecule has 10 aromatic carbocycles. The maximum absolute atomic E-state index is 4.20. The standard InChI is InChI=1S/C62H55N2.C8H10.C2H6/c1-5-63(3)43-45-27-31-49(32-28-45)57-41-40-56(48-21-13-8-14-22-48)61(60(57)52-25-17-10-18-26-52)53-35-37-54(38-36-53)62-58(50-33-29-46(30-34-50)44-64(4)6-2)42-39-55(47-19-11-7-12-20-47)59(62)51-23-15-9-16-24-51;1-7-3-5-8(2)6-4-7;1-2/h7-42H,3,5-6,43-44H2,1-2,4H3;3-6H,1-2H3;1-2H3/q+1;;. The van der Waals surface area contributed by atoms with Crippen LogP contribution in [0.25, 0.3) is 89.0 Å². The molecule has 0 fully saturated rings. The van der Waals surface area contributed by atoms with Crippen LogP contribution in [0.5, 0.6) is 0 Å². The third-order valence-corrected chi connectivity index (χ3v) is 13.8. The van der Waals surface area contributed by atoms with E-state index in [2.05, 4.69) is 294 Å². The van der Waals surface area contributed by atoms with E-state index in [0.717, 1.165) is 26.2 Å². The highest BCUT2D eigenvalue weighted by atomic mass is 15.1. The normalized spacial score (nSPS) is 10.8. The molecule has 0 aromatic heterocycles. The molecule has 0 amide bonds. The van der Waals surface area contributed by atoms with Gasteiger partial charge in [-0.1, -0.05) is 275 Å². The second-order valence-corrected chi connectivity index (χ2v) is 18.9. The number of hydrogen-bond donors (Lipinski definition) is 0. The van der Waals surface area contributed by atoms with Crippen LogP contribution in [0.15, 0.2) is 243 Å². The lowest BCUT2D eigenvalue weighted by Gasteiger charge is -2.23. The van der Waals surface area contributed by atoms with Crippen LogP contribution in [0.3, 0.4) is 0 Å². The van der Waals surface area contributed by atoms with Crippen molar-refractivity contribution in [2.75, 3.05) is 20.1 Å². The lowest BCUT2D eigenvalue weighted by molar-refractivity contribution is -0.532. The van der Waals surface area contributed by atoms with Crippen LogP contribution in [-0.4, -0.2) is 36.3 Å². The van der Waals surface area contributed by atoms with Gasteiger partial charge in [0.05, 0.1) is 0 Å². The molecule has 0 aliphatic heterocycles. The van der Waals surface area contributed by atoms with E-state index in [0.29, 0.717) is 0 Å². The molecule has 0 aliphatic carbocycles. The molecule has 0 N–H and O–H groups in total. The lowest BCUT2D eigenvalue weighted by Crippen LogP contribution is -2.16. The fraction of sp³-hybridized carbons (Fsp3) is 0.153. The quantitative estimate of drug-likeness (QED) is 0.0777. The summed E-state index contributed by atoms with van der Waals surface area (Å²) in [5.41, 5.74) is 24.4. The second-order valence-electron chi connectivity index (χ2n) is 18.9. The smallest absolute Gasteiger partial charge is 0.167 e. The Hall–Kier alpha value is -8.17. The van der Waals surface area contributed by atoms with Gasteiger partial charge in [-0.15, -0.1) is 0 Å². The minimum absolute atomic E-state index is 0.816. The van der Waals surface area contributed by atoms with Crippen LogP contribution in [0.4, 0.5) is 0 Å². The molecule has 10 rings (SSSR count). The average molecular weight is 964 g/mol. The van der Waals surface area contributed by atoms with Gasteiger partial charge in [0.1, 0.15) is 13.3 Å². The number of rotatable bonds is 14. The largest absolute Gasteiger partial charge is 0.302 e. The SMILES string of the molecule is C=[N+](CC)Cc1ccc(-c2ccc(-c3ccccc3)c(-c3ccc(-c4c(-c5ccc(CN(C)CC)cc5)ccc(-c5ccccc5)c4-c4ccccc4)cc3)c2-c2ccccc2)cc1.CC.Cc1ccc(C)cc1. The van der Waals surface area contributed by atoms with Gasteiger partial charge in [0, 0.05) is 12.1 Å². The van der Waals surface area contributed by atoms with Crippen LogP contribution in [0.2, 0.25) is 0 Å². The highest BCUT2D eigenvalue weighted by Gasteiger charge is 2.22. The Morgan fingerprint density at radius 3 is 0.919 bits per heavy atom. The molecule has 0 radical (unpaired) electrons. The van der Waals surface area contributed by atoms with Crippen molar-refractivity contribution in [3.8, 4) is 89.0 Å². The molecule has 0 aliphatic rings. The van der Waals surface area contributed by atoms with E-state index in [9.17, 15) is 0 Å². The summed E-state index contributed by atoms with van der Waals surface area (Å²) >= 11 is 0. The van der Waals surface area contributed by atoms with Gasteiger partial charge >= 0.3 is 0 Å². The van der Waals surface area contributed by atoms with Crippen molar-refractivity contribution in [3.05, 3.63) is 265 Å². The average Bonchev–Trinajstić information content (AvgIpc) is 3.47. The van der Waals surface area contributed by atoms with E-state index in [1.54, 1.807) is 0 Å². The third-order valence-electron chi connectivity index (χ3n) is 13.8. The van der Waals surface area contributed by atoms with Crippen molar-refractivity contribution in [1.82, 2.24) is 4.90 Å². The van der Waals surface area contributed by atoms with Gasteiger partial charge in [0.15, 0.2) is 6.54 Å². The van der Waals surface area contributed by atoms with Crippen molar-refractivity contribution >= 4 is 6.72 Å². The summed E-state index contributed by atoms with van der Waals surface area (Å²) in [6.07, 6.45) is 0. The first-order chi connectivity index (χ1) is 36.3. The number of benzene rings is 10. The first-order valence-electron chi connectivity index (χ1n) is 26.4. The maximum atomic E-state index is 4.20.